The lowest BCUT2D eigenvalue weighted by molar-refractivity contribution is -0.384. The van der Waals surface area contributed by atoms with E-state index in [-0.39, 0.29) is 23.7 Å². The molecule has 1 aromatic rings. The van der Waals surface area contributed by atoms with Gasteiger partial charge in [-0.05, 0) is 57.6 Å². The zero-order valence-electron chi connectivity index (χ0n) is 16.9. The number of piperidine rings is 1. The van der Waals surface area contributed by atoms with Crippen LogP contribution in [0, 0.1) is 16.0 Å². The van der Waals surface area contributed by atoms with Gasteiger partial charge in [0.2, 0.25) is 0 Å². The van der Waals surface area contributed by atoms with E-state index < -0.39 is 4.92 Å². The van der Waals surface area contributed by atoms with E-state index in [1.54, 1.807) is 12.1 Å². The fourth-order valence-electron chi connectivity index (χ4n) is 4.33. The lowest BCUT2D eigenvalue weighted by atomic mass is 10.0. The number of benzene rings is 1. The van der Waals surface area contributed by atoms with E-state index in [4.69, 9.17) is 0 Å². The Morgan fingerprint density at radius 3 is 2.50 bits per heavy atom. The van der Waals surface area contributed by atoms with Crippen LogP contribution in [0.25, 0.3) is 0 Å². The van der Waals surface area contributed by atoms with Crippen molar-refractivity contribution < 1.29 is 9.72 Å². The van der Waals surface area contributed by atoms with Crippen LogP contribution in [0.5, 0.6) is 0 Å². The summed E-state index contributed by atoms with van der Waals surface area (Å²) in [7, 11) is 0. The first-order valence-electron chi connectivity index (χ1n) is 10.5. The maximum absolute atomic E-state index is 12.1. The second-order valence-corrected chi connectivity index (χ2v) is 8.49. The number of carbonyl (C=O) groups is 1. The van der Waals surface area contributed by atoms with Gasteiger partial charge in [0.1, 0.15) is 5.69 Å². The molecule has 0 atom stereocenters. The van der Waals surface area contributed by atoms with Gasteiger partial charge in [-0.3, -0.25) is 14.9 Å². The van der Waals surface area contributed by atoms with Crippen molar-refractivity contribution in [3.63, 3.8) is 0 Å². The average molecular weight is 389 g/mol. The van der Waals surface area contributed by atoms with Crippen molar-refractivity contribution >= 4 is 17.3 Å². The zero-order chi connectivity index (χ0) is 20.1. The molecule has 0 spiro atoms. The van der Waals surface area contributed by atoms with Gasteiger partial charge in [-0.1, -0.05) is 12.8 Å². The maximum atomic E-state index is 12.1. The third kappa shape index (κ3) is 5.44. The van der Waals surface area contributed by atoms with Crippen LogP contribution in [0.2, 0.25) is 0 Å². The highest BCUT2D eigenvalue weighted by atomic mass is 16.6. The van der Waals surface area contributed by atoms with E-state index in [0.717, 1.165) is 31.8 Å². The van der Waals surface area contributed by atoms with Crippen molar-refractivity contribution in [1.82, 2.24) is 10.2 Å². The van der Waals surface area contributed by atoms with Crippen molar-refractivity contribution in [3.05, 3.63) is 33.9 Å². The summed E-state index contributed by atoms with van der Waals surface area (Å²) >= 11 is 0. The molecule has 3 rings (SSSR count). The predicted octanol–water partition coefficient (Wildman–Crippen LogP) is 3.80. The number of nitro groups is 1. The number of likely N-dealkylation sites (tertiary alicyclic amines) is 1. The summed E-state index contributed by atoms with van der Waals surface area (Å²) in [6.45, 7) is 7.00. The zero-order valence-corrected chi connectivity index (χ0v) is 16.9. The highest BCUT2D eigenvalue weighted by Gasteiger charge is 2.25. The number of nitrogens with one attached hydrogen (secondary N) is 2. The predicted molar refractivity (Wildman–Crippen MR) is 111 cm³/mol. The second-order valence-electron chi connectivity index (χ2n) is 8.49. The van der Waals surface area contributed by atoms with E-state index in [0.29, 0.717) is 11.3 Å². The molecule has 7 heteroatoms. The number of anilines is 1. The van der Waals surface area contributed by atoms with Crippen molar-refractivity contribution in [2.75, 3.05) is 25.0 Å². The quantitative estimate of drug-likeness (QED) is 0.548. The van der Waals surface area contributed by atoms with Crippen LogP contribution in [-0.4, -0.2) is 47.4 Å². The first kappa shape index (κ1) is 20.6. The lowest BCUT2D eigenvalue weighted by Crippen LogP contribution is -2.41. The molecule has 1 aliphatic heterocycles. The second kappa shape index (κ2) is 9.37. The normalized spacial score (nSPS) is 19.1. The van der Waals surface area contributed by atoms with Gasteiger partial charge in [0.25, 0.3) is 11.6 Å². The van der Waals surface area contributed by atoms with Crippen molar-refractivity contribution in [2.45, 2.75) is 64.5 Å². The largest absolute Gasteiger partial charge is 0.377 e. The minimum absolute atomic E-state index is 0.0150. The van der Waals surface area contributed by atoms with Crippen molar-refractivity contribution in [3.8, 4) is 0 Å². The van der Waals surface area contributed by atoms with Gasteiger partial charge in [-0.15, -0.1) is 0 Å². The first-order valence-corrected chi connectivity index (χ1v) is 10.5. The Hall–Kier alpha value is -2.15. The van der Waals surface area contributed by atoms with Crippen molar-refractivity contribution in [2.24, 2.45) is 5.92 Å². The van der Waals surface area contributed by atoms with Crippen LogP contribution in [0.3, 0.4) is 0 Å². The summed E-state index contributed by atoms with van der Waals surface area (Å²) in [5, 5.41) is 17.7. The highest BCUT2D eigenvalue weighted by molar-refractivity contribution is 5.95. The Balaban J connectivity index is 1.59. The number of hydrogen-bond acceptors (Lipinski definition) is 5. The Kier molecular flexibility index (Phi) is 6.88. The van der Waals surface area contributed by atoms with E-state index in [2.05, 4.69) is 15.5 Å². The van der Waals surface area contributed by atoms with Crippen LogP contribution in [-0.2, 0) is 0 Å². The molecule has 7 nitrogen and oxygen atoms in total. The number of nitro benzene ring substituents is 1. The van der Waals surface area contributed by atoms with Gasteiger partial charge in [0, 0.05) is 43.3 Å². The summed E-state index contributed by atoms with van der Waals surface area (Å²) < 4.78 is 0. The van der Waals surface area contributed by atoms with Gasteiger partial charge < -0.3 is 15.5 Å². The minimum Gasteiger partial charge on any atom is -0.377 e. The number of hydrogen-bond donors (Lipinski definition) is 2. The summed E-state index contributed by atoms with van der Waals surface area (Å²) in [5.74, 6) is 0.569. The van der Waals surface area contributed by atoms with E-state index >= 15 is 0 Å². The third-order valence-electron chi connectivity index (χ3n) is 5.81. The van der Waals surface area contributed by atoms with Crippen LogP contribution < -0.4 is 10.6 Å². The van der Waals surface area contributed by atoms with E-state index in [1.165, 1.54) is 38.3 Å². The third-order valence-corrected chi connectivity index (χ3v) is 5.81. The molecule has 2 N–H and O–H groups in total. The summed E-state index contributed by atoms with van der Waals surface area (Å²) in [6.07, 6.45) is 7.44. The van der Waals surface area contributed by atoms with Gasteiger partial charge in [-0.2, -0.15) is 0 Å². The van der Waals surface area contributed by atoms with Gasteiger partial charge >= 0.3 is 0 Å². The monoisotopic (exact) mass is 388 g/mol. The Morgan fingerprint density at radius 1 is 1.21 bits per heavy atom. The molecule has 0 radical (unpaired) electrons. The standard InChI is InChI=1S/C21H32N4O3/c1-15(2)22-21(26)17-7-8-19(20(13-17)25(27)28)23-18-9-11-24(12-10-18)14-16-5-3-4-6-16/h7-8,13,15-16,18,23H,3-6,9-12,14H2,1-2H3,(H,22,26). The average Bonchev–Trinajstić information content (AvgIpc) is 3.16. The van der Waals surface area contributed by atoms with Gasteiger partial charge in [0.15, 0.2) is 0 Å². The van der Waals surface area contributed by atoms with E-state index in [1.807, 2.05) is 13.8 Å². The fourth-order valence-corrected chi connectivity index (χ4v) is 4.33. The molecule has 0 unspecified atom stereocenters. The molecule has 1 amide bonds. The van der Waals surface area contributed by atoms with Crippen LogP contribution in [0.1, 0.15) is 62.7 Å². The SMILES string of the molecule is CC(C)NC(=O)c1ccc(NC2CCN(CC3CCCC3)CC2)c([N+](=O)[O-])c1. The molecular formula is C21H32N4O3. The molecule has 2 fully saturated rings. The van der Waals surface area contributed by atoms with Gasteiger partial charge in [-0.25, -0.2) is 0 Å². The summed E-state index contributed by atoms with van der Waals surface area (Å²) in [5.41, 5.74) is 0.780. The molecule has 154 valence electrons. The first-order chi connectivity index (χ1) is 13.4. The van der Waals surface area contributed by atoms with Crippen LogP contribution in [0.4, 0.5) is 11.4 Å². The number of nitrogens with zero attached hydrogens (tertiary/aromatic N) is 2. The molecular weight excluding hydrogens is 356 g/mol. The molecule has 1 heterocycles. The molecule has 28 heavy (non-hydrogen) atoms. The molecule has 1 saturated heterocycles. The highest BCUT2D eigenvalue weighted by Crippen LogP contribution is 2.29. The molecule has 1 aromatic carbocycles. The Morgan fingerprint density at radius 2 is 1.89 bits per heavy atom. The molecule has 0 bridgehead atoms. The number of amides is 1. The van der Waals surface area contributed by atoms with Gasteiger partial charge in [0.05, 0.1) is 4.92 Å². The summed E-state index contributed by atoms with van der Waals surface area (Å²) in [4.78, 5) is 25.8. The number of carbonyl (C=O) groups excluding carboxylic acids is 1. The fraction of sp³-hybridized carbons (Fsp3) is 0.667. The molecule has 0 aromatic heterocycles. The Labute approximate surface area is 167 Å². The number of rotatable bonds is 7. The topological polar surface area (TPSA) is 87.5 Å². The van der Waals surface area contributed by atoms with Crippen LogP contribution in [0.15, 0.2) is 18.2 Å². The maximum Gasteiger partial charge on any atom is 0.293 e. The molecule has 2 aliphatic rings. The molecule has 1 saturated carbocycles. The minimum atomic E-state index is -0.413. The van der Waals surface area contributed by atoms with Crippen molar-refractivity contribution in [1.29, 1.82) is 0 Å². The van der Waals surface area contributed by atoms with E-state index in [9.17, 15) is 14.9 Å². The Bertz CT molecular complexity index is 693. The van der Waals surface area contributed by atoms with Crippen LogP contribution >= 0.6 is 0 Å². The summed E-state index contributed by atoms with van der Waals surface area (Å²) in [6, 6.07) is 4.91. The lowest BCUT2D eigenvalue weighted by Gasteiger charge is -2.34. The smallest absolute Gasteiger partial charge is 0.293 e. The molecule has 1 aliphatic carbocycles.